The Hall–Kier alpha value is -2.81. The minimum Gasteiger partial charge on any atom is -0.397 e. The molecule has 4 heterocycles. The smallest absolute Gasteiger partial charge is 0.255 e. The van der Waals surface area contributed by atoms with Gasteiger partial charge >= 0.3 is 0 Å². The van der Waals surface area contributed by atoms with E-state index in [1.54, 1.807) is 12.3 Å². The number of hydrogen-bond acceptors (Lipinski definition) is 8. The van der Waals surface area contributed by atoms with Crippen molar-refractivity contribution in [2.45, 2.75) is 25.7 Å². The van der Waals surface area contributed by atoms with Crippen molar-refractivity contribution in [1.82, 2.24) is 24.6 Å². The second-order valence-corrected chi connectivity index (χ2v) is 7.17. The molecule has 0 radical (unpaired) electrons. The lowest BCUT2D eigenvalue weighted by Crippen LogP contribution is -2.39. The minimum absolute atomic E-state index is 0.0604. The number of anilines is 1. The number of carbonyl (C=O) groups excluding carboxylic acids is 1. The molecular formula is C17H18N6O2S. The molecule has 9 heteroatoms. The maximum absolute atomic E-state index is 12.8. The van der Waals surface area contributed by atoms with E-state index in [2.05, 4.69) is 19.7 Å². The fourth-order valence-corrected chi connectivity index (χ4v) is 3.95. The number of piperidine rings is 1. The van der Waals surface area contributed by atoms with Gasteiger partial charge in [-0.3, -0.25) is 9.78 Å². The molecule has 1 unspecified atom stereocenters. The van der Waals surface area contributed by atoms with Crippen LogP contribution >= 0.6 is 11.5 Å². The lowest BCUT2D eigenvalue weighted by atomic mass is 9.93. The van der Waals surface area contributed by atoms with E-state index >= 15 is 0 Å². The van der Waals surface area contributed by atoms with E-state index in [-0.39, 0.29) is 11.8 Å². The number of likely N-dealkylation sites (tertiary alicyclic amines) is 1. The van der Waals surface area contributed by atoms with Crippen LogP contribution in [0, 0.1) is 6.92 Å². The van der Waals surface area contributed by atoms with Crippen molar-refractivity contribution >= 4 is 23.1 Å². The third-order valence-corrected chi connectivity index (χ3v) is 5.22. The SMILES string of the molecule is Cc1cc(-c2snnc2C2CCCN(C(=O)c3cncc(N)c3)C2)on1. The summed E-state index contributed by atoms with van der Waals surface area (Å²) in [4.78, 5) is 19.5. The zero-order chi connectivity index (χ0) is 18.1. The lowest BCUT2D eigenvalue weighted by molar-refractivity contribution is 0.0705. The number of hydrogen-bond donors (Lipinski definition) is 1. The number of aromatic nitrogens is 4. The Bertz CT molecular complexity index is 937. The first-order chi connectivity index (χ1) is 12.6. The molecule has 0 aliphatic carbocycles. The molecule has 1 atom stereocenters. The van der Waals surface area contributed by atoms with Gasteiger partial charge in [0.1, 0.15) is 4.88 Å². The van der Waals surface area contributed by atoms with Crippen LogP contribution in [-0.4, -0.2) is 43.6 Å². The van der Waals surface area contributed by atoms with Gasteiger partial charge in [0.2, 0.25) is 0 Å². The summed E-state index contributed by atoms with van der Waals surface area (Å²) in [6.45, 7) is 3.17. The minimum atomic E-state index is -0.0604. The van der Waals surface area contributed by atoms with Gasteiger partial charge in [-0.25, -0.2) is 0 Å². The van der Waals surface area contributed by atoms with E-state index in [1.807, 2.05) is 17.9 Å². The lowest BCUT2D eigenvalue weighted by Gasteiger charge is -2.32. The van der Waals surface area contributed by atoms with E-state index in [1.165, 1.54) is 17.7 Å². The van der Waals surface area contributed by atoms with Gasteiger partial charge < -0.3 is 15.2 Å². The van der Waals surface area contributed by atoms with E-state index in [0.717, 1.165) is 29.1 Å². The van der Waals surface area contributed by atoms with Crippen molar-refractivity contribution in [1.29, 1.82) is 0 Å². The molecule has 1 saturated heterocycles. The Labute approximate surface area is 154 Å². The molecule has 1 amide bonds. The Kier molecular flexibility index (Phi) is 4.37. The molecule has 2 N–H and O–H groups in total. The van der Waals surface area contributed by atoms with E-state index in [4.69, 9.17) is 10.3 Å². The summed E-state index contributed by atoms with van der Waals surface area (Å²) in [7, 11) is 0. The van der Waals surface area contributed by atoms with Crippen LogP contribution in [0.1, 0.15) is 40.5 Å². The van der Waals surface area contributed by atoms with Crippen molar-refractivity contribution in [3.63, 3.8) is 0 Å². The molecule has 4 rings (SSSR count). The first kappa shape index (κ1) is 16.6. The van der Waals surface area contributed by atoms with Gasteiger partial charge in [-0.15, -0.1) is 5.10 Å². The molecule has 3 aromatic rings. The maximum Gasteiger partial charge on any atom is 0.255 e. The summed E-state index contributed by atoms with van der Waals surface area (Å²) in [6, 6.07) is 3.54. The first-order valence-electron chi connectivity index (χ1n) is 8.37. The second kappa shape index (κ2) is 6.83. The Morgan fingerprint density at radius 2 is 2.27 bits per heavy atom. The highest BCUT2D eigenvalue weighted by Gasteiger charge is 2.30. The van der Waals surface area contributed by atoms with Crippen LogP contribution in [0.3, 0.4) is 0 Å². The first-order valence-corrected chi connectivity index (χ1v) is 9.15. The molecule has 1 aliphatic heterocycles. The van der Waals surface area contributed by atoms with E-state index in [0.29, 0.717) is 30.1 Å². The summed E-state index contributed by atoms with van der Waals surface area (Å²) in [6.07, 6.45) is 4.93. The average Bonchev–Trinajstić information content (AvgIpc) is 3.30. The highest BCUT2D eigenvalue weighted by Crippen LogP contribution is 2.35. The molecule has 8 nitrogen and oxygen atoms in total. The number of amides is 1. The van der Waals surface area contributed by atoms with Gasteiger partial charge in [-0.1, -0.05) is 9.64 Å². The van der Waals surface area contributed by atoms with E-state index < -0.39 is 0 Å². The molecule has 26 heavy (non-hydrogen) atoms. The third-order valence-electron chi connectivity index (χ3n) is 4.47. The summed E-state index contributed by atoms with van der Waals surface area (Å²) in [5, 5.41) is 8.26. The van der Waals surface area contributed by atoms with Crippen molar-refractivity contribution in [3.8, 4) is 10.6 Å². The van der Waals surface area contributed by atoms with E-state index in [9.17, 15) is 4.79 Å². The molecular weight excluding hydrogens is 352 g/mol. The highest BCUT2D eigenvalue weighted by atomic mass is 32.1. The largest absolute Gasteiger partial charge is 0.397 e. The van der Waals surface area contributed by atoms with Crippen LogP contribution < -0.4 is 5.73 Å². The summed E-state index contributed by atoms with van der Waals surface area (Å²) in [5.74, 6) is 0.728. The molecule has 0 spiro atoms. The molecule has 1 fully saturated rings. The number of aryl methyl sites for hydroxylation is 1. The van der Waals surface area contributed by atoms with Crippen LogP contribution in [0.2, 0.25) is 0 Å². The topological polar surface area (TPSA) is 111 Å². The van der Waals surface area contributed by atoms with Crippen molar-refractivity contribution < 1.29 is 9.32 Å². The van der Waals surface area contributed by atoms with Crippen LogP contribution in [0.25, 0.3) is 10.6 Å². The zero-order valence-electron chi connectivity index (χ0n) is 14.3. The molecule has 3 aromatic heterocycles. The number of carbonyl (C=O) groups is 1. The van der Waals surface area contributed by atoms with Gasteiger partial charge in [0.05, 0.1) is 22.6 Å². The number of nitrogens with two attached hydrogens (primary N) is 1. The molecule has 1 aliphatic rings. The van der Waals surface area contributed by atoms with Crippen molar-refractivity contribution in [3.05, 3.63) is 41.5 Å². The Morgan fingerprint density at radius 1 is 1.38 bits per heavy atom. The summed E-state index contributed by atoms with van der Waals surface area (Å²) in [5.41, 5.74) is 8.42. The second-order valence-electron chi connectivity index (χ2n) is 6.42. The quantitative estimate of drug-likeness (QED) is 0.754. The fourth-order valence-electron chi connectivity index (χ4n) is 3.25. The van der Waals surface area contributed by atoms with Crippen LogP contribution in [0.4, 0.5) is 5.69 Å². The number of rotatable bonds is 3. The number of pyridine rings is 1. The summed E-state index contributed by atoms with van der Waals surface area (Å²) < 4.78 is 9.47. The molecule has 134 valence electrons. The standard InChI is InChI=1S/C17H18N6O2S/c1-10-5-14(25-21-10)16-15(20-22-26-16)11-3-2-4-23(9-11)17(24)12-6-13(18)8-19-7-12/h5-8,11H,2-4,9,18H2,1H3. The molecule has 0 saturated carbocycles. The monoisotopic (exact) mass is 370 g/mol. The summed E-state index contributed by atoms with van der Waals surface area (Å²) >= 11 is 1.29. The Balaban J connectivity index is 1.56. The highest BCUT2D eigenvalue weighted by molar-refractivity contribution is 7.09. The predicted molar refractivity (Wildman–Crippen MR) is 96.7 cm³/mol. The predicted octanol–water partition coefficient (Wildman–Crippen LogP) is 2.50. The average molecular weight is 370 g/mol. The van der Waals surface area contributed by atoms with Gasteiger partial charge in [0, 0.05) is 37.5 Å². The number of nitrogens with zero attached hydrogens (tertiary/aromatic N) is 5. The van der Waals surface area contributed by atoms with Crippen LogP contribution in [0.15, 0.2) is 29.0 Å². The molecule has 0 aromatic carbocycles. The van der Waals surface area contributed by atoms with Gasteiger partial charge in [0.25, 0.3) is 5.91 Å². The van der Waals surface area contributed by atoms with Crippen molar-refractivity contribution in [2.75, 3.05) is 18.8 Å². The maximum atomic E-state index is 12.8. The normalized spacial score (nSPS) is 17.4. The fraction of sp³-hybridized carbons (Fsp3) is 0.353. The molecule has 0 bridgehead atoms. The number of nitrogen functional groups attached to an aromatic ring is 1. The van der Waals surface area contributed by atoms with Gasteiger partial charge in [-0.05, 0) is 37.4 Å². The van der Waals surface area contributed by atoms with Crippen LogP contribution in [0.5, 0.6) is 0 Å². The van der Waals surface area contributed by atoms with Crippen molar-refractivity contribution in [2.24, 2.45) is 0 Å². The van der Waals surface area contributed by atoms with Crippen LogP contribution in [-0.2, 0) is 0 Å². The third kappa shape index (κ3) is 3.17. The zero-order valence-corrected chi connectivity index (χ0v) is 15.1. The van der Waals surface area contributed by atoms with Gasteiger partial charge in [0.15, 0.2) is 5.76 Å². The Morgan fingerprint density at radius 3 is 3.04 bits per heavy atom. The van der Waals surface area contributed by atoms with Gasteiger partial charge in [-0.2, -0.15) is 0 Å².